The van der Waals surface area contributed by atoms with Crippen molar-refractivity contribution >= 4 is 53.0 Å². The second kappa shape index (κ2) is 10.1. The second-order valence-corrected chi connectivity index (χ2v) is 8.42. The van der Waals surface area contributed by atoms with Gasteiger partial charge >= 0.3 is 0 Å². The Morgan fingerprint density at radius 3 is 2.74 bits per heavy atom. The Balaban J connectivity index is 0.00000192. The average Bonchev–Trinajstić information content (AvgIpc) is 3.19. The van der Waals surface area contributed by atoms with Crippen molar-refractivity contribution in [1.29, 1.82) is 0 Å². The van der Waals surface area contributed by atoms with E-state index in [0.717, 1.165) is 36.5 Å². The number of thiazole rings is 1. The lowest BCUT2D eigenvalue weighted by atomic mass is 9.82. The molecule has 2 heterocycles. The van der Waals surface area contributed by atoms with Gasteiger partial charge < -0.3 is 10.2 Å². The van der Waals surface area contributed by atoms with Gasteiger partial charge in [0.2, 0.25) is 0 Å². The number of guanidine groups is 1. The van der Waals surface area contributed by atoms with Gasteiger partial charge in [0.05, 0.1) is 0 Å². The summed E-state index contributed by atoms with van der Waals surface area (Å²) in [6, 6.07) is 0. The molecular formula is C16H27IN4S2. The smallest absolute Gasteiger partial charge is 0.193 e. The molecule has 1 aliphatic carbocycles. The van der Waals surface area contributed by atoms with E-state index < -0.39 is 0 Å². The van der Waals surface area contributed by atoms with Crippen molar-refractivity contribution < 1.29 is 0 Å². The summed E-state index contributed by atoms with van der Waals surface area (Å²) in [4.78, 5) is 11.3. The van der Waals surface area contributed by atoms with Gasteiger partial charge in [0.15, 0.2) is 5.96 Å². The molecule has 1 saturated heterocycles. The van der Waals surface area contributed by atoms with Crippen molar-refractivity contribution in [2.75, 3.05) is 32.4 Å². The van der Waals surface area contributed by atoms with Gasteiger partial charge in [-0.15, -0.1) is 35.3 Å². The Labute approximate surface area is 164 Å². The molecule has 1 aromatic heterocycles. The zero-order chi connectivity index (χ0) is 15.2. The highest BCUT2D eigenvalue weighted by atomic mass is 127. The van der Waals surface area contributed by atoms with Crippen molar-refractivity contribution in [3.8, 4) is 0 Å². The molecular weight excluding hydrogens is 439 g/mol. The van der Waals surface area contributed by atoms with Gasteiger partial charge in [0.1, 0.15) is 4.34 Å². The molecule has 1 aliphatic heterocycles. The molecule has 0 radical (unpaired) electrons. The molecule has 4 nitrogen and oxygen atoms in total. The fourth-order valence-electron chi connectivity index (χ4n) is 3.62. The molecule has 0 amide bonds. The maximum absolute atomic E-state index is 4.49. The third kappa shape index (κ3) is 5.49. The molecule has 1 aromatic rings. The average molecular weight is 466 g/mol. The van der Waals surface area contributed by atoms with Gasteiger partial charge in [-0.1, -0.05) is 24.6 Å². The minimum absolute atomic E-state index is 0. The van der Waals surface area contributed by atoms with Crippen LogP contribution in [0.5, 0.6) is 0 Å². The summed E-state index contributed by atoms with van der Waals surface area (Å²) in [6.07, 6.45) is 8.71. The van der Waals surface area contributed by atoms with E-state index in [2.05, 4.69) is 20.2 Å². The summed E-state index contributed by atoms with van der Waals surface area (Å²) in [5.74, 6) is 4.04. The van der Waals surface area contributed by atoms with Crippen LogP contribution in [-0.4, -0.2) is 48.3 Å². The van der Waals surface area contributed by atoms with Crippen molar-refractivity contribution in [3.05, 3.63) is 11.6 Å². The van der Waals surface area contributed by atoms with Gasteiger partial charge in [-0.3, -0.25) is 4.99 Å². The van der Waals surface area contributed by atoms with E-state index in [9.17, 15) is 0 Å². The van der Waals surface area contributed by atoms with E-state index >= 15 is 0 Å². The van der Waals surface area contributed by atoms with E-state index in [1.807, 2.05) is 30.4 Å². The van der Waals surface area contributed by atoms with E-state index in [1.165, 1.54) is 43.1 Å². The Morgan fingerprint density at radius 1 is 1.39 bits per heavy atom. The van der Waals surface area contributed by atoms with Crippen LogP contribution in [0.25, 0.3) is 0 Å². The summed E-state index contributed by atoms with van der Waals surface area (Å²) in [5, 5.41) is 5.58. The van der Waals surface area contributed by atoms with Crippen LogP contribution < -0.4 is 5.32 Å². The SMILES string of the molecule is CN=C(NCCCSc1nccs1)N1CC2CCCCC2C1.I. The standard InChI is InChI=1S/C16H26N4S2.HI/c1-17-15(18-7-4-9-21-16-19-8-10-22-16)20-11-13-5-2-3-6-14(13)12-20;/h8,10,13-14H,2-7,9,11-12H2,1H3,(H,17,18);1H. The zero-order valence-electron chi connectivity index (χ0n) is 13.7. The summed E-state index contributed by atoms with van der Waals surface area (Å²) >= 11 is 3.57. The van der Waals surface area contributed by atoms with E-state index in [-0.39, 0.29) is 24.0 Å². The Morgan fingerprint density at radius 2 is 2.13 bits per heavy atom. The fraction of sp³-hybridized carbons (Fsp3) is 0.750. The van der Waals surface area contributed by atoms with E-state index in [1.54, 1.807) is 11.3 Å². The van der Waals surface area contributed by atoms with Crippen molar-refractivity contribution in [3.63, 3.8) is 0 Å². The number of nitrogens with one attached hydrogen (secondary N) is 1. The van der Waals surface area contributed by atoms with Gasteiger partial charge in [-0.2, -0.15) is 0 Å². The molecule has 1 N–H and O–H groups in total. The van der Waals surface area contributed by atoms with Gasteiger partial charge in [-0.05, 0) is 31.1 Å². The highest BCUT2D eigenvalue weighted by Gasteiger charge is 2.35. The molecule has 0 aromatic carbocycles. The third-order valence-electron chi connectivity index (χ3n) is 4.73. The number of thioether (sulfide) groups is 1. The van der Waals surface area contributed by atoms with Crippen molar-refractivity contribution in [2.45, 2.75) is 36.4 Å². The van der Waals surface area contributed by atoms with Crippen LogP contribution in [0.1, 0.15) is 32.1 Å². The van der Waals surface area contributed by atoms with Gasteiger partial charge in [0, 0.05) is 44.0 Å². The topological polar surface area (TPSA) is 40.5 Å². The van der Waals surface area contributed by atoms with Crippen LogP contribution >= 0.6 is 47.1 Å². The predicted octanol–water partition coefficient (Wildman–Crippen LogP) is 3.94. The van der Waals surface area contributed by atoms with Crippen molar-refractivity contribution in [1.82, 2.24) is 15.2 Å². The number of hydrogen-bond acceptors (Lipinski definition) is 4. The van der Waals surface area contributed by atoms with Gasteiger partial charge in [0.25, 0.3) is 0 Å². The van der Waals surface area contributed by atoms with Crippen LogP contribution in [-0.2, 0) is 0 Å². The van der Waals surface area contributed by atoms with E-state index in [0.29, 0.717) is 0 Å². The number of rotatable bonds is 5. The maximum atomic E-state index is 4.49. The first-order valence-electron chi connectivity index (χ1n) is 8.34. The molecule has 2 fully saturated rings. The number of aromatic nitrogens is 1. The quantitative estimate of drug-likeness (QED) is 0.235. The fourth-order valence-corrected chi connectivity index (χ4v) is 5.27. The Bertz CT molecular complexity index is 466. The van der Waals surface area contributed by atoms with Gasteiger partial charge in [-0.25, -0.2) is 4.98 Å². The molecule has 2 atom stereocenters. The number of aliphatic imine (C=N–C) groups is 1. The molecule has 2 unspecified atom stereocenters. The molecule has 1 saturated carbocycles. The maximum Gasteiger partial charge on any atom is 0.193 e. The first-order valence-corrected chi connectivity index (χ1v) is 10.2. The zero-order valence-corrected chi connectivity index (χ0v) is 17.7. The Kier molecular flexibility index (Phi) is 8.46. The normalized spacial score (nSPS) is 24.2. The molecule has 3 rings (SSSR count). The second-order valence-electron chi connectivity index (χ2n) is 6.18. The Hall–Kier alpha value is -0.0200. The van der Waals surface area contributed by atoms with E-state index in [4.69, 9.17) is 0 Å². The largest absolute Gasteiger partial charge is 0.356 e. The molecule has 130 valence electrons. The monoisotopic (exact) mass is 466 g/mol. The minimum atomic E-state index is 0. The highest BCUT2D eigenvalue weighted by Crippen LogP contribution is 2.35. The van der Waals surface area contributed by atoms with Crippen LogP contribution in [0.4, 0.5) is 0 Å². The summed E-state index contributed by atoms with van der Waals surface area (Å²) in [7, 11) is 1.91. The van der Waals surface area contributed by atoms with Crippen LogP contribution in [0.15, 0.2) is 20.9 Å². The molecule has 0 bridgehead atoms. The molecule has 23 heavy (non-hydrogen) atoms. The first kappa shape index (κ1) is 19.3. The lowest BCUT2D eigenvalue weighted by Crippen LogP contribution is -2.40. The lowest BCUT2D eigenvalue weighted by molar-refractivity contribution is 0.299. The van der Waals surface area contributed by atoms with Crippen LogP contribution in [0.3, 0.4) is 0 Å². The number of nitrogens with zero attached hydrogens (tertiary/aromatic N) is 3. The summed E-state index contributed by atoms with van der Waals surface area (Å²) in [6.45, 7) is 3.41. The third-order valence-corrected chi connectivity index (χ3v) is 6.78. The predicted molar refractivity (Wildman–Crippen MR) is 111 cm³/mol. The summed E-state index contributed by atoms with van der Waals surface area (Å²) < 4.78 is 1.17. The number of fused-ring (bicyclic) bond motifs is 1. The minimum Gasteiger partial charge on any atom is -0.356 e. The van der Waals surface area contributed by atoms with Crippen LogP contribution in [0.2, 0.25) is 0 Å². The number of likely N-dealkylation sites (tertiary alicyclic amines) is 1. The molecule has 7 heteroatoms. The molecule has 0 spiro atoms. The lowest BCUT2D eigenvalue weighted by Gasteiger charge is -2.22. The summed E-state index contributed by atoms with van der Waals surface area (Å²) in [5.41, 5.74) is 0. The molecule has 2 aliphatic rings. The van der Waals surface area contributed by atoms with Crippen LogP contribution in [0, 0.1) is 11.8 Å². The number of halogens is 1. The highest BCUT2D eigenvalue weighted by molar-refractivity contribution is 14.0. The van der Waals surface area contributed by atoms with Crippen molar-refractivity contribution in [2.24, 2.45) is 16.8 Å². The first-order chi connectivity index (χ1) is 10.9. The number of hydrogen-bond donors (Lipinski definition) is 1.